The minimum absolute atomic E-state index is 0.603. The average molecular weight is 346 g/mol. The monoisotopic (exact) mass is 346 g/mol. The van der Waals surface area contributed by atoms with Crippen LogP contribution in [0.4, 0.5) is 5.69 Å². The van der Waals surface area contributed by atoms with Crippen LogP contribution in [-0.2, 0) is 0 Å². The van der Waals surface area contributed by atoms with Crippen LogP contribution in [0, 0.1) is 5.92 Å². The summed E-state index contributed by atoms with van der Waals surface area (Å²) in [5.41, 5.74) is 0.934. The van der Waals surface area contributed by atoms with E-state index in [-0.39, 0.29) is 0 Å². The molecule has 25 heavy (non-hydrogen) atoms. The van der Waals surface area contributed by atoms with Gasteiger partial charge in [0.2, 0.25) is 0 Å². The van der Waals surface area contributed by atoms with Crippen molar-refractivity contribution in [1.29, 1.82) is 0 Å². The molecule has 0 amide bonds. The number of anilines is 1. The Labute approximate surface area is 150 Å². The highest BCUT2D eigenvalue weighted by atomic mass is 16.5. The molecule has 138 valence electrons. The number of benzene rings is 1. The lowest BCUT2D eigenvalue weighted by Gasteiger charge is -2.17. The minimum atomic E-state index is 0.603. The zero-order valence-corrected chi connectivity index (χ0v) is 15.5. The molecule has 6 heteroatoms. The van der Waals surface area contributed by atoms with Crippen LogP contribution in [0.1, 0.15) is 26.2 Å². The summed E-state index contributed by atoms with van der Waals surface area (Å²) in [6, 6.07) is 6.70. The van der Waals surface area contributed by atoms with Gasteiger partial charge in [-0.05, 0) is 50.8 Å². The van der Waals surface area contributed by atoms with Gasteiger partial charge in [-0.1, -0.05) is 0 Å². The van der Waals surface area contributed by atoms with Gasteiger partial charge in [0, 0.05) is 37.9 Å². The highest BCUT2D eigenvalue weighted by molar-refractivity contribution is 5.93. The van der Waals surface area contributed by atoms with Gasteiger partial charge in [-0.25, -0.2) is 0 Å². The molecule has 2 N–H and O–H groups in total. The van der Waals surface area contributed by atoms with Crippen LogP contribution in [0.3, 0.4) is 0 Å². The van der Waals surface area contributed by atoms with E-state index in [9.17, 15) is 0 Å². The second-order valence-electron chi connectivity index (χ2n) is 6.76. The van der Waals surface area contributed by atoms with Crippen molar-refractivity contribution in [3.05, 3.63) is 18.2 Å². The summed E-state index contributed by atoms with van der Waals surface area (Å²) < 4.78 is 11.0. The number of hydrogen-bond donors (Lipinski definition) is 2. The summed E-state index contributed by atoms with van der Waals surface area (Å²) in [6.45, 7) is 5.99. The van der Waals surface area contributed by atoms with Crippen molar-refractivity contribution in [2.45, 2.75) is 32.2 Å². The van der Waals surface area contributed by atoms with Gasteiger partial charge >= 0.3 is 0 Å². The number of nitrogens with zero attached hydrogens (tertiary/aromatic N) is 2. The molecule has 2 fully saturated rings. The van der Waals surface area contributed by atoms with Crippen LogP contribution in [0.25, 0.3) is 0 Å². The number of hydrogen-bond acceptors (Lipinski definition) is 4. The predicted octanol–water partition coefficient (Wildman–Crippen LogP) is 2.57. The molecule has 6 nitrogen and oxygen atoms in total. The Morgan fingerprint density at radius 1 is 1.28 bits per heavy atom. The van der Waals surface area contributed by atoms with E-state index >= 15 is 0 Å². The van der Waals surface area contributed by atoms with Crippen molar-refractivity contribution in [3.63, 3.8) is 0 Å². The lowest BCUT2D eigenvalue weighted by atomic mass is 10.1. The smallest absolute Gasteiger partial charge is 0.195 e. The Hall–Kier alpha value is -1.95. The maximum atomic E-state index is 5.63. The first kappa shape index (κ1) is 17.9. The van der Waals surface area contributed by atoms with Crippen LogP contribution < -0.4 is 20.1 Å². The molecule has 1 aliphatic heterocycles. The summed E-state index contributed by atoms with van der Waals surface area (Å²) in [6.07, 6.45) is 4.06. The van der Waals surface area contributed by atoms with Gasteiger partial charge in [0.1, 0.15) is 0 Å². The molecule has 1 aromatic rings. The summed E-state index contributed by atoms with van der Waals surface area (Å²) in [4.78, 5) is 6.98. The maximum Gasteiger partial charge on any atom is 0.195 e. The van der Waals surface area contributed by atoms with Crippen LogP contribution in [-0.4, -0.2) is 57.3 Å². The maximum absolute atomic E-state index is 5.63. The van der Waals surface area contributed by atoms with Crippen molar-refractivity contribution in [2.75, 3.05) is 45.7 Å². The van der Waals surface area contributed by atoms with Gasteiger partial charge in [-0.15, -0.1) is 0 Å². The van der Waals surface area contributed by atoms with Crippen molar-refractivity contribution >= 4 is 11.6 Å². The topological polar surface area (TPSA) is 58.1 Å². The molecular weight excluding hydrogens is 316 g/mol. The van der Waals surface area contributed by atoms with Crippen LogP contribution in [0.5, 0.6) is 11.5 Å². The molecule has 1 saturated heterocycles. The molecule has 0 aromatic heterocycles. The van der Waals surface area contributed by atoms with Gasteiger partial charge in [-0.2, -0.15) is 0 Å². The highest BCUT2D eigenvalue weighted by Crippen LogP contribution is 2.32. The minimum Gasteiger partial charge on any atom is -0.493 e. The Morgan fingerprint density at radius 2 is 2.12 bits per heavy atom. The summed E-state index contributed by atoms with van der Waals surface area (Å²) in [7, 11) is 3.45. The average Bonchev–Trinajstić information content (AvgIpc) is 3.37. The molecule has 1 saturated carbocycles. The van der Waals surface area contributed by atoms with Crippen LogP contribution >= 0.6 is 0 Å². The van der Waals surface area contributed by atoms with E-state index in [2.05, 4.69) is 20.5 Å². The molecule has 2 aliphatic rings. The Morgan fingerprint density at radius 3 is 2.80 bits per heavy atom. The molecule has 1 atom stereocenters. The van der Waals surface area contributed by atoms with Crippen molar-refractivity contribution in [1.82, 2.24) is 10.2 Å². The number of rotatable bonds is 7. The predicted molar refractivity (Wildman–Crippen MR) is 102 cm³/mol. The fourth-order valence-corrected chi connectivity index (χ4v) is 3.38. The van der Waals surface area contributed by atoms with Gasteiger partial charge in [0.25, 0.3) is 0 Å². The third-order valence-corrected chi connectivity index (χ3v) is 4.89. The van der Waals surface area contributed by atoms with E-state index in [1.807, 2.05) is 25.1 Å². The molecule has 1 aliphatic carbocycles. The number of ether oxygens (including phenoxy) is 2. The zero-order valence-electron chi connectivity index (χ0n) is 15.5. The summed E-state index contributed by atoms with van der Waals surface area (Å²) >= 11 is 0. The second kappa shape index (κ2) is 8.43. The molecule has 0 spiro atoms. The van der Waals surface area contributed by atoms with Crippen molar-refractivity contribution < 1.29 is 9.47 Å². The third kappa shape index (κ3) is 4.78. The molecule has 3 rings (SSSR count). The van der Waals surface area contributed by atoms with E-state index < -0.39 is 0 Å². The molecule has 0 radical (unpaired) electrons. The lowest BCUT2D eigenvalue weighted by molar-refractivity contribution is 0.311. The number of nitrogens with one attached hydrogen (secondary N) is 2. The standard InChI is InChI=1S/C19H30N4O2/c1-4-25-18-11-15(5-8-17(18)24-3)22-19(20-2)21-12-14-9-10-23(13-14)16-6-7-16/h5,8,11,14,16H,4,6-7,9-10,12-13H2,1-3H3,(H2,20,21,22). The molecule has 1 unspecified atom stereocenters. The number of likely N-dealkylation sites (tertiary alicyclic amines) is 1. The van der Waals surface area contributed by atoms with E-state index in [4.69, 9.17) is 9.47 Å². The van der Waals surface area contributed by atoms with E-state index in [1.165, 1.54) is 32.4 Å². The molecule has 0 bridgehead atoms. The summed E-state index contributed by atoms with van der Waals surface area (Å²) in [5, 5.41) is 6.80. The fourth-order valence-electron chi connectivity index (χ4n) is 3.38. The lowest BCUT2D eigenvalue weighted by Crippen LogP contribution is -2.35. The SMILES string of the molecule is CCOc1cc(NC(=NC)NCC2CCN(C3CC3)C2)ccc1OC. The highest BCUT2D eigenvalue weighted by Gasteiger charge is 2.34. The first-order chi connectivity index (χ1) is 12.2. The Bertz CT molecular complexity index is 601. The second-order valence-corrected chi connectivity index (χ2v) is 6.76. The van der Waals surface area contributed by atoms with Gasteiger partial charge < -0.3 is 25.0 Å². The summed E-state index contributed by atoms with van der Waals surface area (Å²) in [5.74, 6) is 2.97. The Balaban J connectivity index is 1.52. The molecule has 1 heterocycles. The van der Waals surface area contributed by atoms with Crippen molar-refractivity contribution in [3.8, 4) is 11.5 Å². The quantitative estimate of drug-likeness (QED) is 0.587. The van der Waals surface area contributed by atoms with Gasteiger partial charge in [-0.3, -0.25) is 4.99 Å². The number of aliphatic imine (C=N–C) groups is 1. The van der Waals surface area contributed by atoms with Crippen LogP contribution in [0.2, 0.25) is 0 Å². The molecule has 1 aromatic carbocycles. The fraction of sp³-hybridized carbons (Fsp3) is 0.632. The van der Waals surface area contributed by atoms with Crippen LogP contribution in [0.15, 0.2) is 23.2 Å². The Kier molecular flexibility index (Phi) is 6.02. The van der Waals surface area contributed by atoms with Gasteiger partial charge in [0.15, 0.2) is 17.5 Å². The first-order valence-electron chi connectivity index (χ1n) is 9.26. The third-order valence-electron chi connectivity index (χ3n) is 4.89. The van der Waals surface area contributed by atoms with E-state index in [1.54, 1.807) is 14.2 Å². The number of methoxy groups -OCH3 is 1. The first-order valence-corrected chi connectivity index (χ1v) is 9.26. The normalized spacial score (nSPS) is 21.2. The largest absolute Gasteiger partial charge is 0.493 e. The van der Waals surface area contributed by atoms with E-state index in [0.29, 0.717) is 12.5 Å². The molecular formula is C19H30N4O2. The number of guanidine groups is 1. The van der Waals surface area contributed by atoms with E-state index in [0.717, 1.165) is 35.7 Å². The van der Waals surface area contributed by atoms with Crippen molar-refractivity contribution in [2.24, 2.45) is 10.9 Å². The van der Waals surface area contributed by atoms with Gasteiger partial charge in [0.05, 0.1) is 13.7 Å². The zero-order chi connectivity index (χ0) is 17.6.